The van der Waals surface area contributed by atoms with Gasteiger partial charge in [0.05, 0.1) is 0 Å². The predicted molar refractivity (Wildman–Crippen MR) is 80.6 cm³/mol. The van der Waals surface area contributed by atoms with E-state index in [1.165, 1.54) is 0 Å². The minimum absolute atomic E-state index is 0. The number of hydrogen-bond acceptors (Lipinski definition) is 4. The molecule has 0 bridgehead atoms. The van der Waals surface area contributed by atoms with Crippen molar-refractivity contribution in [1.82, 2.24) is 4.31 Å². The average molecular weight is 323 g/mol. The van der Waals surface area contributed by atoms with Gasteiger partial charge in [0, 0.05) is 19.1 Å². The van der Waals surface area contributed by atoms with Crippen molar-refractivity contribution in [3.05, 3.63) is 17.6 Å². The van der Waals surface area contributed by atoms with Crippen molar-refractivity contribution in [3.8, 4) is 0 Å². The summed E-state index contributed by atoms with van der Waals surface area (Å²) in [6.45, 7) is 6.51. The number of piperidine rings is 1. The standard InChI is InChI=1S/C13H22N2O3S.ClH/c1-9-8-13(11(3)18-9)19(16,17)15-6-4-12(5-7-15)10(2)14;/h8,10,12H,4-7,14H2,1-3H3;1H. The SMILES string of the molecule is Cc1cc(S(=O)(=O)N2CCC(C(C)N)CC2)c(C)o1.Cl. The molecule has 116 valence electrons. The summed E-state index contributed by atoms with van der Waals surface area (Å²) in [6, 6.07) is 1.73. The third-order valence-electron chi connectivity index (χ3n) is 3.86. The zero-order valence-corrected chi connectivity index (χ0v) is 13.8. The lowest BCUT2D eigenvalue weighted by Gasteiger charge is -2.32. The van der Waals surface area contributed by atoms with Crippen LogP contribution in [0, 0.1) is 19.8 Å². The lowest BCUT2D eigenvalue weighted by atomic mass is 9.92. The van der Waals surface area contributed by atoms with E-state index in [-0.39, 0.29) is 18.4 Å². The lowest BCUT2D eigenvalue weighted by molar-refractivity contribution is 0.250. The molecule has 1 aromatic rings. The van der Waals surface area contributed by atoms with E-state index in [9.17, 15) is 8.42 Å². The van der Waals surface area contributed by atoms with Crippen molar-refractivity contribution in [2.24, 2.45) is 11.7 Å². The molecule has 1 aliphatic heterocycles. The van der Waals surface area contributed by atoms with Crippen LogP contribution in [0.5, 0.6) is 0 Å². The van der Waals surface area contributed by atoms with Crippen molar-refractivity contribution >= 4 is 22.4 Å². The fourth-order valence-electron chi connectivity index (χ4n) is 2.64. The molecule has 0 radical (unpaired) electrons. The highest BCUT2D eigenvalue weighted by atomic mass is 35.5. The molecule has 2 N–H and O–H groups in total. The quantitative estimate of drug-likeness (QED) is 0.924. The van der Waals surface area contributed by atoms with Crippen LogP contribution < -0.4 is 5.73 Å². The maximum Gasteiger partial charge on any atom is 0.246 e. The van der Waals surface area contributed by atoms with Crippen LogP contribution in [0.25, 0.3) is 0 Å². The van der Waals surface area contributed by atoms with E-state index >= 15 is 0 Å². The van der Waals surface area contributed by atoms with E-state index in [0.717, 1.165) is 12.8 Å². The van der Waals surface area contributed by atoms with Crippen LogP contribution in [-0.2, 0) is 10.0 Å². The van der Waals surface area contributed by atoms with Crippen LogP contribution in [0.4, 0.5) is 0 Å². The molecule has 1 unspecified atom stereocenters. The molecule has 2 rings (SSSR count). The summed E-state index contributed by atoms with van der Waals surface area (Å²) in [4.78, 5) is 0.296. The number of aryl methyl sites for hydroxylation is 2. The highest BCUT2D eigenvalue weighted by molar-refractivity contribution is 7.89. The molecule has 0 saturated carbocycles. The number of furan rings is 1. The zero-order chi connectivity index (χ0) is 14.2. The van der Waals surface area contributed by atoms with Crippen molar-refractivity contribution in [1.29, 1.82) is 0 Å². The molecule has 1 fully saturated rings. The summed E-state index contributed by atoms with van der Waals surface area (Å²) < 4.78 is 31.9. The second-order valence-corrected chi connectivity index (χ2v) is 7.28. The van der Waals surface area contributed by atoms with Gasteiger partial charge in [0.25, 0.3) is 0 Å². The monoisotopic (exact) mass is 322 g/mol. The molecule has 0 amide bonds. The predicted octanol–water partition coefficient (Wildman–Crippen LogP) is 2.07. The van der Waals surface area contributed by atoms with Gasteiger partial charge in [0.2, 0.25) is 10.0 Å². The maximum absolute atomic E-state index is 12.5. The summed E-state index contributed by atoms with van der Waals surface area (Å²) in [5.41, 5.74) is 5.88. The number of sulfonamides is 1. The van der Waals surface area contributed by atoms with Crippen LogP contribution in [0.1, 0.15) is 31.3 Å². The summed E-state index contributed by atoms with van der Waals surface area (Å²) in [7, 11) is -3.42. The second-order valence-electron chi connectivity index (χ2n) is 5.38. The first kappa shape index (κ1) is 17.5. The molecule has 0 spiro atoms. The van der Waals surface area contributed by atoms with Crippen molar-refractivity contribution in [2.75, 3.05) is 13.1 Å². The molecule has 2 heterocycles. The Morgan fingerprint density at radius 1 is 1.35 bits per heavy atom. The average Bonchev–Trinajstić information content (AvgIpc) is 2.69. The van der Waals surface area contributed by atoms with Gasteiger partial charge >= 0.3 is 0 Å². The first-order valence-electron chi connectivity index (χ1n) is 6.65. The number of nitrogens with zero attached hydrogens (tertiary/aromatic N) is 1. The Balaban J connectivity index is 0.00000200. The summed E-state index contributed by atoms with van der Waals surface area (Å²) in [6.07, 6.45) is 1.65. The van der Waals surface area contributed by atoms with Gasteiger partial charge in [-0.25, -0.2) is 8.42 Å². The van der Waals surface area contributed by atoms with Gasteiger partial charge in [0.15, 0.2) is 0 Å². The smallest absolute Gasteiger partial charge is 0.246 e. The Morgan fingerprint density at radius 2 is 1.90 bits per heavy atom. The van der Waals surface area contributed by atoms with E-state index in [1.54, 1.807) is 24.2 Å². The third kappa shape index (κ3) is 3.36. The highest BCUT2D eigenvalue weighted by Gasteiger charge is 2.32. The summed E-state index contributed by atoms with van der Waals surface area (Å²) in [5.74, 6) is 1.51. The van der Waals surface area contributed by atoms with E-state index in [4.69, 9.17) is 10.2 Å². The maximum atomic E-state index is 12.5. The molecule has 0 aromatic carbocycles. The van der Waals surface area contributed by atoms with Gasteiger partial charge < -0.3 is 10.2 Å². The number of hydrogen-bond donors (Lipinski definition) is 1. The molecule has 1 aromatic heterocycles. The minimum Gasteiger partial charge on any atom is -0.465 e. The van der Waals surface area contributed by atoms with Gasteiger partial charge in [-0.15, -0.1) is 12.4 Å². The van der Waals surface area contributed by atoms with Gasteiger partial charge in [0.1, 0.15) is 16.4 Å². The van der Waals surface area contributed by atoms with Crippen LogP contribution >= 0.6 is 12.4 Å². The van der Waals surface area contributed by atoms with Crippen LogP contribution in [-0.4, -0.2) is 31.9 Å². The largest absolute Gasteiger partial charge is 0.465 e. The minimum atomic E-state index is -3.42. The van der Waals surface area contributed by atoms with Gasteiger partial charge in [-0.05, 0) is 45.6 Å². The summed E-state index contributed by atoms with van der Waals surface area (Å²) >= 11 is 0. The van der Waals surface area contributed by atoms with Gasteiger partial charge in [-0.1, -0.05) is 0 Å². The molecule has 0 aliphatic carbocycles. The molecule has 1 saturated heterocycles. The Bertz CT molecular complexity index is 546. The molecular weight excluding hydrogens is 300 g/mol. The first-order valence-corrected chi connectivity index (χ1v) is 8.09. The second kappa shape index (κ2) is 6.47. The van der Waals surface area contributed by atoms with Crippen LogP contribution in [0.2, 0.25) is 0 Å². The molecule has 20 heavy (non-hydrogen) atoms. The van der Waals surface area contributed by atoms with Crippen LogP contribution in [0.15, 0.2) is 15.4 Å². The van der Waals surface area contributed by atoms with Gasteiger partial charge in [-0.3, -0.25) is 0 Å². The van der Waals surface area contributed by atoms with Crippen molar-refractivity contribution in [2.45, 2.75) is 44.6 Å². The Morgan fingerprint density at radius 3 is 2.30 bits per heavy atom. The van der Waals surface area contributed by atoms with E-state index in [2.05, 4.69) is 0 Å². The molecule has 1 aliphatic rings. The van der Waals surface area contributed by atoms with E-state index in [0.29, 0.717) is 35.4 Å². The number of rotatable bonds is 3. The van der Waals surface area contributed by atoms with Crippen molar-refractivity contribution in [3.63, 3.8) is 0 Å². The van der Waals surface area contributed by atoms with Crippen LogP contribution in [0.3, 0.4) is 0 Å². The molecular formula is C13H23ClN2O3S. The Hall–Kier alpha value is -0.560. The first-order chi connectivity index (χ1) is 8.82. The molecule has 7 heteroatoms. The van der Waals surface area contributed by atoms with E-state index in [1.807, 2.05) is 6.92 Å². The molecule has 1 atom stereocenters. The highest BCUT2D eigenvalue weighted by Crippen LogP contribution is 2.28. The third-order valence-corrected chi connectivity index (χ3v) is 5.86. The summed E-state index contributed by atoms with van der Waals surface area (Å²) in [5, 5.41) is 0. The zero-order valence-electron chi connectivity index (χ0n) is 12.1. The topological polar surface area (TPSA) is 76.5 Å². The number of halogens is 1. The lowest BCUT2D eigenvalue weighted by Crippen LogP contribution is -2.42. The fraction of sp³-hybridized carbons (Fsp3) is 0.692. The van der Waals surface area contributed by atoms with Gasteiger partial charge in [-0.2, -0.15) is 4.31 Å². The van der Waals surface area contributed by atoms with E-state index < -0.39 is 10.0 Å². The Labute approximate surface area is 127 Å². The number of nitrogens with two attached hydrogens (primary N) is 1. The Kier molecular flexibility index (Phi) is 5.66. The molecule has 5 nitrogen and oxygen atoms in total. The normalized spacial score (nSPS) is 19.6. The fourth-order valence-corrected chi connectivity index (χ4v) is 4.33. The van der Waals surface area contributed by atoms with Crippen molar-refractivity contribution < 1.29 is 12.8 Å².